The Bertz CT molecular complexity index is 1160. The Balaban J connectivity index is 1.82. The number of likely N-dealkylation sites (N-methyl/N-ethyl adjacent to an activating group) is 1. The second-order valence-corrected chi connectivity index (χ2v) is 7.81. The minimum absolute atomic E-state index is 0.346. The minimum Gasteiger partial charge on any atom is -0.497 e. The first-order chi connectivity index (χ1) is 15.5. The molecular weight excluding hydrogens is 424 g/mol. The molecule has 4 rings (SSSR count). The fraction of sp³-hybridized carbons (Fsp3) is 0.154. The van der Waals surface area contributed by atoms with Gasteiger partial charge in [0.05, 0.1) is 18.4 Å². The molecule has 1 aliphatic heterocycles. The number of hydrogen-bond acceptors (Lipinski definition) is 4. The Kier molecular flexibility index (Phi) is 6.28. The predicted octanol–water partition coefficient (Wildman–Crippen LogP) is 5.16. The molecule has 0 atom stereocenters. The first kappa shape index (κ1) is 21.7. The van der Waals surface area contributed by atoms with Crippen LogP contribution in [0, 0.1) is 0 Å². The molecule has 0 bridgehead atoms. The standard InChI is InChI=1S/C26H23ClN2O3/c1-3-28(17-18-7-5-4-6-8-18)24-23(19-9-15-22(32-2)16-10-19)25(30)29(26(24)31)21-13-11-20(27)12-14-21/h4-16H,3,17H2,1-2H3. The summed E-state index contributed by atoms with van der Waals surface area (Å²) < 4.78 is 5.25. The number of carbonyl (C=O) groups is 2. The molecule has 6 heteroatoms. The fourth-order valence-electron chi connectivity index (χ4n) is 3.81. The molecule has 0 aromatic heterocycles. The summed E-state index contributed by atoms with van der Waals surface area (Å²) in [5.41, 5.74) is 2.98. The Morgan fingerprint density at radius 3 is 2.12 bits per heavy atom. The monoisotopic (exact) mass is 446 g/mol. The Hall–Kier alpha value is -3.57. The van der Waals surface area contributed by atoms with Gasteiger partial charge in [-0.05, 0) is 54.4 Å². The van der Waals surface area contributed by atoms with Gasteiger partial charge in [-0.3, -0.25) is 9.59 Å². The van der Waals surface area contributed by atoms with E-state index < -0.39 is 0 Å². The lowest BCUT2D eigenvalue weighted by molar-refractivity contribution is -0.120. The van der Waals surface area contributed by atoms with Crippen LogP contribution in [-0.2, 0) is 16.1 Å². The molecule has 0 N–H and O–H groups in total. The van der Waals surface area contributed by atoms with Gasteiger partial charge < -0.3 is 9.64 Å². The van der Waals surface area contributed by atoms with Gasteiger partial charge in [-0.25, -0.2) is 4.90 Å². The van der Waals surface area contributed by atoms with Crippen molar-refractivity contribution in [1.29, 1.82) is 0 Å². The number of benzene rings is 3. The van der Waals surface area contributed by atoms with Crippen LogP contribution < -0.4 is 9.64 Å². The highest BCUT2D eigenvalue weighted by Gasteiger charge is 2.42. The molecule has 1 aliphatic rings. The lowest BCUT2D eigenvalue weighted by Gasteiger charge is -2.25. The molecule has 3 aromatic rings. The number of anilines is 1. The maximum atomic E-state index is 13.6. The van der Waals surface area contributed by atoms with Crippen molar-refractivity contribution in [2.75, 3.05) is 18.6 Å². The molecule has 1 heterocycles. The van der Waals surface area contributed by atoms with Crippen LogP contribution in [-0.4, -0.2) is 30.4 Å². The Morgan fingerprint density at radius 1 is 0.875 bits per heavy atom. The van der Waals surface area contributed by atoms with Gasteiger partial charge in [0.15, 0.2) is 0 Å². The van der Waals surface area contributed by atoms with Gasteiger partial charge in [0.25, 0.3) is 11.8 Å². The highest BCUT2D eigenvalue weighted by molar-refractivity contribution is 6.45. The average molecular weight is 447 g/mol. The van der Waals surface area contributed by atoms with Gasteiger partial charge in [0, 0.05) is 18.1 Å². The average Bonchev–Trinajstić information content (AvgIpc) is 3.08. The van der Waals surface area contributed by atoms with Crippen molar-refractivity contribution in [3.63, 3.8) is 0 Å². The normalized spacial score (nSPS) is 13.7. The van der Waals surface area contributed by atoms with Crippen molar-refractivity contribution in [3.8, 4) is 5.75 Å². The molecular formula is C26H23ClN2O3. The molecule has 3 aromatic carbocycles. The van der Waals surface area contributed by atoms with Crippen molar-refractivity contribution in [2.24, 2.45) is 0 Å². The van der Waals surface area contributed by atoms with Crippen LogP contribution >= 0.6 is 11.6 Å². The molecule has 0 saturated carbocycles. The first-order valence-electron chi connectivity index (χ1n) is 10.4. The summed E-state index contributed by atoms with van der Waals surface area (Å²) in [5.74, 6) is -0.0243. The molecule has 32 heavy (non-hydrogen) atoms. The number of halogens is 1. The zero-order valence-corrected chi connectivity index (χ0v) is 18.7. The lowest BCUT2D eigenvalue weighted by atomic mass is 10.0. The summed E-state index contributed by atoms with van der Waals surface area (Å²) in [7, 11) is 1.59. The number of methoxy groups -OCH3 is 1. The molecule has 0 spiro atoms. The van der Waals surface area contributed by atoms with E-state index in [-0.39, 0.29) is 11.8 Å². The third-order valence-corrected chi connectivity index (χ3v) is 5.69. The predicted molar refractivity (Wildman–Crippen MR) is 126 cm³/mol. The van der Waals surface area contributed by atoms with E-state index in [1.54, 1.807) is 55.6 Å². The number of rotatable bonds is 7. The number of hydrogen-bond donors (Lipinski definition) is 0. The maximum Gasteiger partial charge on any atom is 0.282 e. The van der Waals surface area contributed by atoms with Gasteiger partial charge in [-0.1, -0.05) is 54.1 Å². The zero-order chi connectivity index (χ0) is 22.7. The molecule has 0 aliphatic carbocycles. The number of nitrogens with zero attached hydrogens (tertiary/aromatic N) is 2. The largest absolute Gasteiger partial charge is 0.497 e. The Morgan fingerprint density at radius 2 is 1.53 bits per heavy atom. The molecule has 0 unspecified atom stereocenters. The summed E-state index contributed by atoms with van der Waals surface area (Å²) in [4.78, 5) is 30.4. The van der Waals surface area contributed by atoms with Crippen LogP contribution in [0.3, 0.4) is 0 Å². The summed E-state index contributed by atoms with van der Waals surface area (Å²) in [6.45, 7) is 3.06. The molecule has 0 radical (unpaired) electrons. The third kappa shape index (κ3) is 4.12. The molecule has 5 nitrogen and oxygen atoms in total. The van der Waals surface area contributed by atoms with Gasteiger partial charge in [0.1, 0.15) is 11.4 Å². The van der Waals surface area contributed by atoms with Gasteiger partial charge in [0.2, 0.25) is 0 Å². The zero-order valence-electron chi connectivity index (χ0n) is 17.9. The van der Waals surface area contributed by atoms with Crippen LogP contribution in [0.2, 0.25) is 5.02 Å². The summed E-state index contributed by atoms with van der Waals surface area (Å²) in [5, 5.41) is 0.538. The van der Waals surface area contributed by atoms with E-state index in [9.17, 15) is 9.59 Å². The van der Waals surface area contributed by atoms with Crippen molar-refractivity contribution in [3.05, 3.63) is 101 Å². The van der Waals surface area contributed by atoms with Gasteiger partial charge >= 0.3 is 0 Å². The molecule has 0 fully saturated rings. The molecule has 2 amide bonds. The van der Waals surface area contributed by atoms with Crippen LogP contribution in [0.1, 0.15) is 18.1 Å². The second kappa shape index (κ2) is 9.28. The summed E-state index contributed by atoms with van der Waals surface area (Å²) >= 11 is 6.02. The maximum absolute atomic E-state index is 13.6. The van der Waals surface area contributed by atoms with Gasteiger partial charge in [-0.15, -0.1) is 0 Å². The quantitative estimate of drug-likeness (QED) is 0.471. The Labute approximate surface area is 192 Å². The SMILES string of the molecule is CCN(Cc1ccccc1)C1=C(c2ccc(OC)cc2)C(=O)N(c2ccc(Cl)cc2)C1=O. The lowest BCUT2D eigenvalue weighted by Crippen LogP contribution is -2.35. The highest BCUT2D eigenvalue weighted by Crippen LogP contribution is 2.36. The van der Waals surface area contributed by atoms with Crippen LogP contribution in [0.15, 0.2) is 84.6 Å². The topological polar surface area (TPSA) is 49.9 Å². The fourth-order valence-corrected chi connectivity index (χ4v) is 3.93. The van der Waals surface area contributed by atoms with E-state index in [0.717, 1.165) is 5.56 Å². The number of imide groups is 1. The number of ether oxygens (including phenoxy) is 1. The van der Waals surface area contributed by atoms with E-state index in [1.165, 1.54) is 4.90 Å². The highest BCUT2D eigenvalue weighted by atomic mass is 35.5. The van der Waals surface area contributed by atoms with Crippen LogP contribution in [0.5, 0.6) is 5.75 Å². The van der Waals surface area contributed by atoms with E-state index in [1.807, 2.05) is 42.2 Å². The van der Waals surface area contributed by atoms with Crippen molar-refractivity contribution < 1.29 is 14.3 Å². The summed E-state index contributed by atoms with van der Waals surface area (Å²) in [6.07, 6.45) is 0. The summed E-state index contributed by atoms with van der Waals surface area (Å²) in [6, 6.07) is 23.8. The minimum atomic E-state index is -0.357. The number of amides is 2. The van der Waals surface area contributed by atoms with Crippen molar-refractivity contribution >= 4 is 34.7 Å². The van der Waals surface area contributed by atoms with E-state index in [2.05, 4.69) is 0 Å². The second-order valence-electron chi connectivity index (χ2n) is 7.37. The smallest absolute Gasteiger partial charge is 0.282 e. The first-order valence-corrected chi connectivity index (χ1v) is 10.7. The van der Waals surface area contributed by atoms with E-state index in [4.69, 9.17) is 16.3 Å². The third-order valence-electron chi connectivity index (χ3n) is 5.44. The van der Waals surface area contributed by atoms with E-state index in [0.29, 0.717) is 46.4 Å². The van der Waals surface area contributed by atoms with Crippen LogP contribution in [0.4, 0.5) is 5.69 Å². The van der Waals surface area contributed by atoms with Crippen LogP contribution in [0.25, 0.3) is 5.57 Å². The molecule has 0 saturated heterocycles. The van der Waals surface area contributed by atoms with Gasteiger partial charge in [-0.2, -0.15) is 0 Å². The van der Waals surface area contributed by atoms with E-state index >= 15 is 0 Å². The molecule has 162 valence electrons. The van der Waals surface area contributed by atoms with Crippen molar-refractivity contribution in [1.82, 2.24) is 4.90 Å². The van der Waals surface area contributed by atoms with Crippen molar-refractivity contribution in [2.45, 2.75) is 13.5 Å². The number of carbonyl (C=O) groups excluding carboxylic acids is 2.